The summed E-state index contributed by atoms with van der Waals surface area (Å²) in [5.74, 6) is -1.02. The van der Waals surface area contributed by atoms with Gasteiger partial charge in [0.05, 0.1) is 0 Å². The second-order valence-electron chi connectivity index (χ2n) is 8.68. The van der Waals surface area contributed by atoms with E-state index in [-0.39, 0.29) is 12.5 Å². The second-order valence-corrected chi connectivity index (χ2v) is 8.68. The lowest BCUT2D eigenvalue weighted by Gasteiger charge is -2.25. The van der Waals surface area contributed by atoms with Crippen LogP contribution in [0.5, 0.6) is 0 Å². The van der Waals surface area contributed by atoms with Crippen molar-refractivity contribution in [3.8, 4) is 11.1 Å². The minimum absolute atomic E-state index is 0.0360. The minimum atomic E-state index is -0.980. The van der Waals surface area contributed by atoms with Crippen molar-refractivity contribution in [2.75, 3.05) is 13.7 Å². The lowest BCUT2D eigenvalue weighted by Crippen LogP contribution is -2.43. The van der Waals surface area contributed by atoms with Gasteiger partial charge in [-0.2, -0.15) is 0 Å². The number of benzene rings is 2. The van der Waals surface area contributed by atoms with Gasteiger partial charge in [0.15, 0.2) is 0 Å². The van der Waals surface area contributed by atoms with Gasteiger partial charge in [0.2, 0.25) is 0 Å². The predicted octanol–water partition coefficient (Wildman–Crippen LogP) is 6.46. The van der Waals surface area contributed by atoms with Gasteiger partial charge < -0.3 is 9.84 Å². The van der Waals surface area contributed by atoms with Crippen LogP contribution >= 0.6 is 0 Å². The van der Waals surface area contributed by atoms with E-state index in [1.54, 1.807) is 0 Å². The monoisotopic (exact) mass is 437 g/mol. The van der Waals surface area contributed by atoms with Gasteiger partial charge in [0.1, 0.15) is 12.6 Å². The van der Waals surface area contributed by atoms with E-state index in [0.717, 1.165) is 30.4 Å². The zero-order valence-electron chi connectivity index (χ0n) is 19.3. The summed E-state index contributed by atoms with van der Waals surface area (Å²) >= 11 is 0. The number of unbranched alkanes of at least 4 members (excludes halogenated alkanes) is 6. The molecule has 0 spiro atoms. The van der Waals surface area contributed by atoms with Crippen LogP contribution in [0.1, 0.15) is 75.3 Å². The second kappa shape index (κ2) is 11.7. The Morgan fingerprint density at radius 1 is 0.906 bits per heavy atom. The van der Waals surface area contributed by atoms with Crippen molar-refractivity contribution in [3.05, 3.63) is 59.7 Å². The molecule has 0 radical (unpaired) electrons. The van der Waals surface area contributed by atoms with Gasteiger partial charge in [-0.15, -0.1) is 0 Å². The molecule has 1 N–H and O–H groups in total. The first-order valence-corrected chi connectivity index (χ1v) is 11.8. The van der Waals surface area contributed by atoms with Gasteiger partial charge in [0.25, 0.3) is 0 Å². The fraction of sp³-hybridized carbons (Fsp3) is 0.481. The van der Waals surface area contributed by atoms with Crippen molar-refractivity contribution in [2.24, 2.45) is 0 Å². The maximum absolute atomic E-state index is 12.7. The highest BCUT2D eigenvalue weighted by Crippen LogP contribution is 2.44. The van der Waals surface area contributed by atoms with Crippen LogP contribution in [0.15, 0.2) is 48.5 Å². The first-order valence-electron chi connectivity index (χ1n) is 11.8. The Labute approximate surface area is 191 Å². The topological polar surface area (TPSA) is 66.8 Å². The summed E-state index contributed by atoms with van der Waals surface area (Å²) in [7, 11) is 1.53. The maximum Gasteiger partial charge on any atom is 0.410 e. The summed E-state index contributed by atoms with van der Waals surface area (Å²) in [5, 5.41) is 9.66. The van der Waals surface area contributed by atoms with E-state index in [1.807, 2.05) is 24.3 Å². The maximum atomic E-state index is 12.7. The largest absolute Gasteiger partial charge is 0.480 e. The van der Waals surface area contributed by atoms with Gasteiger partial charge in [-0.05, 0) is 28.7 Å². The van der Waals surface area contributed by atoms with Gasteiger partial charge in [-0.3, -0.25) is 4.90 Å². The highest BCUT2D eigenvalue weighted by molar-refractivity contribution is 5.81. The van der Waals surface area contributed by atoms with Gasteiger partial charge in [-0.25, -0.2) is 9.59 Å². The van der Waals surface area contributed by atoms with E-state index in [2.05, 4.69) is 31.2 Å². The van der Waals surface area contributed by atoms with Crippen molar-refractivity contribution in [1.82, 2.24) is 4.90 Å². The van der Waals surface area contributed by atoms with E-state index < -0.39 is 18.1 Å². The standard InChI is InChI=1S/C27H35NO4/c1-3-4-5-6-7-8-9-18-25(26(29)30)28(2)27(31)32-19-24-22-16-12-10-14-20(22)21-15-11-13-17-23(21)24/h10-17,24-25H,3-9,18-19H2,1-2H3,(H,29,30)/t25-/m1/s1. The summed E-state index contributed by atoms with van der Waals surface area (Å²) in [6.07, 6.45) is 7.66. The van der Waals surface area contributed by atoms with Crippen molar-refractivity contribution in [1.29, 1.82) is 0 Å². The van der Waals surface area contributed by atoms with Crippen LogP contribution in [0, 0.1) is 0 Å². The van der Waals surface area contributed by atoms with Crippen LogP contribution in [0.4, 0.5) is 4.79 Å². The predicted molar refractivity (Wildman–Crippen MR) is 127 cm³/mol. The lowest BCUT2D eigenvalue weighted by atomic mass is 9.98. The van der Waals surface area contributed by atoms with Crippen molar-refractivity contribution in [2.45, 2.75) is 70.3 Å². The Kier molecular flexibility index (Phi) is 8.72. The molecule has 0 fully saturated rings. The zero-order valence-corrected chi connectivity index (χ0v) is 19.3. The molecule has 1 amide bonds. The van der Waals surface area contributed by atoms with E-state index in [0.29, 0.717) is 6.42 Å². The molecule has 0 aliphatic heterocycles. The quantitative estimate of drug-likeness (QED) is 0.387. The number of amides is 1. The number of carbonyl (C=O) groups is 2. The number of ether oxygens (including phenoxy) is 1. The number of likely N-dealkylation sites (N-methyl/N-ethyl adjacent to an activating group) is 1. The minimum Gasteiger partial charge on any atom is -0.480 e. The smallest absolute Gasteiger partial charge is 0.410 e. The van der Waals surface area contributed by atoms with Crippen LogP contribution in [0.2, 0.25) is 0 Å². The molecule has 0 heterocycles. The molecule has 3 rings (SSSR count). The van der Waals surface area contributed by atoms with E-state index in [9.17, 15) is 14.7 Å². The summed E-state index contributed by atoms with van der Waals surface area (Å²) in [6, 6.07) is 15.5. The van der Waals surface area contributed by atoms with Crippen LogP contribution in [0.25, 0.3) is 11.1 Å². The van der Waals surface area contributed by atoms with Crippen LogP contribution in [0.3, 0.4) is 0 Å². The molecule has 32 heavy (non-hydrogen) atoms. The molecule has 0 saturated carbocycles. The summed E-state index contributed by atoms with van der Waals surface area (Å²) in [6.45, 7) is 2.39. The molecule has 1 atom stereocenters. The lowest BCUT2D eigenvalue weighted by molar-refractivity contribution is -0.142. The van der Waals surface area contributed by atoms with E-state index >= 15 is 0 Å². The number of carbonyl (C=O) groups excluding carboxylic acids is 1. The normalized spacial score (nSPS) is 13.3. The van der Waals surface area contributed by atoms with Crippen molar-refractivity contribution >= 4 is 12.1 Å². The van der Waals surface area contributed by atoms with Crippen molar-refractivity contribution < 1.29 is 19.4 Å². The van der Waals surface area contributed by atoms with E-state index in [1.165, 1.54) is 48.8 Å². The molecule has 0 unspecified atom stereocenters. The fourth-order valence-electron chi connectivity index (χ4n) is 4.60. The molecule has 1 aliphatic rings. The molecule has 1 aliphatic carbocycles. The Balaban J connectivity index is 1.55. The SMILES string of the molecule is CCCCCCCCC[C@H](C(=O)O)N(C)C(=O)OCC1c2ccccc2-c2ccccc21. The van der Waals surface area contributed by atoms with Gasteiger partial charge in [0, 0.05) is 13.0 Å². The van der Waals surface area contributed by atoms with Crippen LogP contribution in [-0.4, -0.2) is 41.8 Å². The average molecular weight is 438 g/mol. The molecule has 5 nitrogen and oxygen atoms in total. The van der Waals surface area contributed by atoms with Gasteiger partial charge >= 0.3 is 12.1 Å². The number of hydrogen-bond acceptors (Lipinski definition) is 3. The number of hydrogen-bond donors (Lipinski definition) is 1. The third kappa shape index (κ3) is 5.70. The highest BCUT2D eigenvalue weighted by Gasteiger charge is 2.31. The summed E-state index contributed by atoms with van der Waals surface area (Å²) in [4.78, 5) is 25.7. The first kappa shape index (κ1) is 23.8. The number of nitrogens with zero attached hydrogens (tertiary/aromatic N) is 1. The molecular formula is C27H35NO4. The molecule has 5 heteroatoms. The van der Waals surface area contributed by atoms with Crippen molar-refractivity contribution in [3.63, 3.8) is 0 Å². The number of carboxylic acids is 1. The summed E-state index contributed by atoms with van der Waals surface area (Å²) < 4.78 is 5.63. The molecule has 172 valence electrons. The third-order valence-electron chi connectivity index (χ3n) is 6.46. The number of rotatable bonds is 12. The van der Waals surface area contributed by atoms with Crippen LogP contribution in [-0.2, 0) is 9.53 Å². The van der Waals surface area contributed by atoms with E-state index in [4.69, 9.17) is 4.74 Å². The Hall–Kier alpha value is -2.82. The summed E-state index contributed by atoms with van der Waals surface area (Å²) in [5.41, 5.74) is 4.61. The fourth-order valence-corrected chi connectivity index (χ4v) is 4.60. The van der Waals surface area contributed by atoms with Gasteiger partial charge in [-0.1, -0.05) is 100 Å². The highest BCUT2D eigenvalue weighted by atomic mass is 16.6. The zero-order chi connectivity index (χ0) is 22.9. The molecule has 0 bridgehead atoms. The Morgan fingerprint density at radius 2 is 1.44 bits per heavy atom. The molecule has 2 aromatic carbocycles. The first-order chi connectivity index (χ1) is 15.5. The molecule has 0 aromatic heterocycles. The van der Waals surface area contributed by atoms with Crippen LogP contribution < -0.4 is 0 Å². The molecule has 0 saturated heterocycles. The average Bonchev–Trinajstić information content (AvgIpc) is 3.12. The number of aliphatic carboxylic acids is 1. The molecular weight excluding hydrogens is 402 g/mol. The number of fused-ring (bicyclic) bond motifs is 3. The Morgan fingerprint density at radius 3 is 2.00 bits per heavy atom. The Bertz CT molecular complexity index is 865. The number of carboxylic acid groups (broad SMARTS) is 1. The third-order valence-corrected chi connectivity index (χ3v) is 6.46. The molecule has 2 aromatic rings.